The van der Waals surface area contributed by atoms with Crippen LogP contribution in [0.3, 0.4) is 0 Å². The fourth-order valence-electron chi connectivity index (χ4n) is 3.62. The average Bonchev–Trinajstić information content (AvgIpc) is 3.28. The molecule has 3 rings (SSSR count). The molecule has 0 radical (unpaired) electrons. The number of aromatic nitrogens is 3. The fourth-order valence-corrected chi connectivity index (χ4v) is 3.62. The highest BCUT2D eigenvalue weighted by atomic mass is 127. The molecule has 0 saturated heterocycles. The second-order valence-corrected chi connectivity index (χ2v) is 6.77. The Balaban J connectivity index is 0.00000243. The largest absolute Gasteiger partial charge is 0.385 e. The van der Waals surface area contributed by atoms with Crippen LogP contribution in [0.2, 0.25) is 0 Å². The molecule has 1 aliphatic carbocycles. The van der Waals surface area contributed by atoms with E-state index in [2.05, 4.69) is 25.8 Å². The number of nitrogens with one attached hydrogen (secondary N) is 2. The molecule has 8 heteroatoms. The average molecular weight is 472 g/mol. The molecular formula is C18H29IN6O. The van der Waals surface area contributed by atoms with Gasteiger partial charge in [0.05, 0.1) is 6.54 Å². The van der Waals surface area contributed by atoms with E-state index in [9.17, 15) is 0 Å². The Morgan fingerprint density at radius 1 is 1.27 bits per heavy atom. The van der Waals surface area contributed by atoms with E-state index >= 15 is 0 Å². The highest BCUT2D eigenvalue weighted by molar-refractivity contribution is 14.0. The molecule has 2 aromatic rings. The SMILES string of the molecule is CN=C(NCc1nnc2ccccn12)NCC1(CCOC)CCCC1.I. The highest BCUT2D eigenvalue weighted by Gasteiger charge is 2.33. The lowest BCUT2D eigenvalue weighted by molar-refractivity contribution is 0.138. The minimum atomic E-state index is 0. The van der Waals surface area contributed by atoms with E-state index in [1.807, 2.05) is 28.8 Å². The number of fused-ring (bicyclic) bond motifs is 1. The lowest BCUT2D eigenvalue weighted by atomic mass is 9.83. The fraction of sp³-hybridized carbons (Fsp3) is 0.611. The zero-order chi connectivity index (χ0) is 17.5. The van der Waals surface area contributed by atoms with Crippen molar-refractivity contribution in [2.75, 3.05) is 27.3 Å². The summed E-state index contributed by atoms with van der Waals surface area (Å²) in [6.07, 6.45) is 8.21. The third kappa shape index (κ3) is 5.06. The van der Waals surface area contributed by atoms with Crippen molar-refractivity contribution in [3.8, 4) is 0 Å². The van der Waals surface area contributed by atoms with E-state index in [-0.39, 0.29) is 24.0 Å². The van der Waals surface area contributed by atoms with Crippen LogP contribution in [0.4, 0.5) is 0 Å². The van der Waals surface area contributed by atoms with Crippen LogP contribution in [0.15, 0.2) is 29.4 Å². The van der Waals surface area contributed by atoms with E-state index in [1.54, 1.807) is 14.2 Å². The molecule has 26 heavy (non-hydrogen) atoms. The monoisotopic (exact) mass is 472 g/mol. The van der Waals surface area contributed by atoms with Crippen molar-refractivity contribution in [3.63, 3.8) is 0 Å². The van der Waals surface area contributed by atoms with Crippen molar-refractivity contribution >= 4 is 35.6 Å². The molecule has 0 spiro atoms. The van der Waals surface area contributed by atoms with Crippen molar-refractivity contribution in [3.05, 3.63) is 30.2 Å². The van der Waals surface area contributed by atoms with Gasteiger partial charge in [0, 0.05) is 33.5 Å². The summed E-state index contributed by atoms with van der Waals surface area (Å²) < 4.78 is 7.29. The van der Waals surface area contributed by atoms with Crippen molar-refractivity contribution in [1.29, 1.82) is 0 Å². The van der Waals surface area contributed by atoms with Crippen LogP contribution in [-0.4, -0.2) is 47.9 Å². The summed E-state index contributed by atoms with van der Waals surface area (Å²) >= 11 is 0. The lowest BCUT2D eigenvalue weighted by Gasteiger charge is -2.29. The Hall–Kier alpha value is -1.42. The van der Waals surface area contributed by atoms with Crippen molar-refractivity contribution in [2.24, 2.45) is 10.4 Å². The summed E-state index contributed by atoms with van der Waals surface area (Å²) in [7, 11) is 3.58. The smallest absolute Gasteiger partial charge is 0.191 e. The van der Waals surface area contributed by atoms with Crippen LogP contribution in [-0.2, 0) is 11.3 Å². The van der Waals surface area contributed by atoms with Gasteiger partial charge in [-0.3, -0.25) is 9.39 Å². The molecule has 144 valence electrons. The van der Waals surface area contributed by atoms with Crippen molar-refractivity contribution in [2.45, 2.75) is 38.6 Å². The molecule has 2 N–H and O–H groups in total. The predicted molar refractivity (Wildman–Crippen MR) is 114 cm³/mol. The minimum absolute atomic E-state index is 0. The molecule has 0 amide bonds. The van der Waals surface area contributed by atoms with E-state index in [0.29, 0.717) is 12.0 Å². The van der Waals surface area contributed by atoms with Gasteiger partial charge in [-0.2, -0.15) is 0 Å². The van der Waals surface area contributed by atoms with Crippen LogP contribution in [0.5, 0.6) is 0 Å². The van der Waals surface area contributed by atoms with Crippen LogP contribution < -0.4 is 10.6 Å². The van der Waals surface area contributed by atoms with Gasteiger partial charge < -0.3 is 15.4 Å². The number of halogens is 1. The first-order chi connectivity index (χ1) is 12.3. The number of ether oxygens (including phenoxy) is 1. The highest BCUT2D eigenvalue weighted by Crippen LogP contribution is 2.40. The molecule has 0 bridgehead atoms. The Morgan fingerprint density at radius 2 is 2.08 bits per heavy atom. The Labute approximate surface area is 172 Å². The Morgan fingerprint density at radius 3 is 2.81 bits per heavy atom. The number of pyridine rings is 1. The quantitative estimate of drug-likeness (QED) is 0.368. The number of hydrogen-bond donors (Lipinski definition) is 2. The number of hydrogen-bond acceptors (Lipinski definition) is 4. The van der Waals surface area contributed by atoms with E-state index in [0.717, 1.165) is 37.0 Å². The zero-order valence-electron chi connectivity index (χ0n) is 15.6. The van der Waals surface area contributed by atoms with E-state index in [1.165, 1.54) is 25.7 Å². The maximum Gasteiger partial charge on any atom is 0.191 e. The van der Waals surface area contributed by atoms with Crippen LogP contribution in [0.1, 0.15) is 37.9 Å². The first-order valence-corrected chi connectivity index (χ1v) is 8.98. The van der Waals surface area contributed by atoms with Gasteiger partial charge in [-0.25, -0.2) is 0 Å². The van der Waals surface area contributed by atoms with Gasteiger partial charge in [-0.15, -0.1) is 34.2 Å². The summed E-state index contributed by atoms with van der Waals surface area (Å²) in [5.41, 5.74) is 1.18. The van der Waals surface area contributed by atoms with Gasteiger partial charge in [0.2, 0.25) is 0 Å². The predicted octanol–water partition coefficient (Wildman–Crippen LogP) is 2.61. The second-order valence-electron chi connectivity index (χ2n) is 6.77. The van der Waals surface area contributed by atoms with E-state index in [4.69, 9.17) is 4.74 Å². The van der Waals surface area contributed by atoms with Gasteiger partial charge in [-0.1, -0.05) is 18.9 Å². The molecule has 7 nitrogen and oxygen atoms in total. The first kappa shape index (κ1) is 20.9. The van der Waals surface area contributed by atoms with Gasteiger partial charge in [0.15, 0.2) is 17.4 Å². The maximum absolute atomic E-state index is 5.31. The van der Waals surface area contributed by atoms with E-state index < -0.39 is 0 Å². The van der Waals surface area contributed by atoms with Gasteiger partial charge in [0.1, 0.15) is 0 Å². The standard InChI is InChI=1S/C18H28N6O.HI/c1-19-17(21-14-18(10-12-25-2)8-4-5-9-18)20-13-16-23-22-15-7-3-6-11-24(15)16;/h3,6-7,11H,4-5,8-10,12-14H2,1-2H3,(H2,19,20,21);1H. The minimum Gasteiger partial charge on any atom is -0.385 e. The Kier molecular flexibility index (Phi) is 8.08. The molecule has 2 heterocycles. The molecule has 0 aliphatic heterocycles. The number of methoxy groups -OCH3 is 1. The Bertz CT molecular complexity index is 711. The van der Waals surface area contributed by atoms with Gasteiger partial charge in [0.25, 0.3) is 0 Å². The molecule has 0 atom stereocenters. The summed E-state index contributed by atoms with van der Waals surface area (Å²) in [5.74, 6) is 1.67. The number of nitrogens with zero attached hydrogens (tertiary/aromatic N) is 4. The second kappa shape index (κ2) is 10.1. The molecule has 1 saturated carbocycles. The molecule has 2 aromatic heterocycles. The molecule has 0 unspecified atom stereocenters. The normalized spacial score (nSPS) is 16.5. The van der Waals surface area contributed by atoms with Crippen LogP contribution in [0.25, 0.3) is 5.65 Å². The van der Waals surface area contributed by atoms with Gasteiger partial charge >= 0.3 is 0 Å². The number of rotatable bonds is 7. The molecule has 1 aliphatic rings. The van der Waals surface area contributed by atoms with Gasteiger partial charge in [-0.05, 0) is 36.8 Å². The van der Waals surface area contributed by atoms with Crippen LogP contribution in [0, 0.1) is 5.41 Å². The number of guanidine groups is 1. The molecule has 1 fully saturated rings. The summed E-state index contributed by atoms with van der Waals surface area (Å²) in [6.45, 7) is 2.33. The molecule has 0 aromatic carbocycles. The first-order valence-electron chi connectivity index (χ1n) is 8.98. The number of aliphatic imine (C=N–C) groups is 1. The maximum atomic E-state index is 5.31. The third-order valence-corrected chi connectivity index (χ3v) is 5.15. The van der Waals surface area contributed by atoms with Crippen LogP contribution >= 0.6 is 24.0 Å². The zero-order valence-corrected chi connectivity index (χ0v) is 17.9. The van der Waals surface area contributed by atoms with Crippen molar-refractivity contribution < 1.29 is 4.74 Å². The third-order valence-electron chi connectivity index (χ3n) is 5.15. The topological polar surface area (TPSA) is 75.8 Å². The summed E-state index contributed by atoms with van der Waals surface area (Å²) in [4.78, 5) is 4.35. The summed E-state index contributed by atoms with van der Waals surface area (Å²) in [6, 6.07) is 5.89. The van der Waals surface area contributed by atoms with Crippen molar-refractivity contribution in [1.82, 2.24) is 25.2 Å². The lowest BCUT2D eigenvalue weighted by Crippen LogP contribution is -2.43. The molecular weight excluding hydrogens is 443 g/mol. The summed E-state index contributed by atoms with van der Waals surface area (Å²) in [5, 5.41) is 15.3.